The molecule has 0 radical (unpaired) electrons. The Morgan fingerprint density at radius 1 is 0.515 bits per heavy atom. The van der Waals surface area contributed by atoms with Crippen LogP contribution >= 0.6 is 0 Å². The zero-order chi connectivity index (χ0) is 25.2. The summed E-state index contributed by atoms with van der Waals surface area (Å²) in [6, 6.07) is 0. The van der Waals surface area contributed by atoms with Gasteiger partial charge in [-0.2, -0.15) is 0 Å². The molecule has 0 bridgehead atoms. The minimum absolute atomic E-state index is 0.0867. The van der Waals surface area contributed by atoms with Gasteiger partial charge in [0.2, 0.25) is 5.60 Å². The number of rotatable bonds is 23. The molecule has 0 saturated heterocycles. The molecule has 0 rings (SSSR count). The fraction of sp³-hybridized carbons (Fsp3) is 0.889. The third kappa shape index (κ3) is 10.4. The molecule has 0 aromatic rings. The lowest BCUT2D eigenvalue weighted by Gasteiger charge is -2.39. The number of ketones is 3. The molecule has 0 aliphatic rings. The Morgan fingerprint density at radius 2 is 0.818 bits per heavy atom. The standard InChI is InChI=1S/C27H50O6/c1-4-7-10-13-16-19-23(29)26(32,22-28)27(33,24(30)20-17-14-11-8-5-2)25(31)21-18-15-12-9-6-3/h28,32-33H,4-22H2,1-3H3/t26-/m1/s1. The van der Waals surface area contributed by atoms with E-state index in [1.165, 1.54) is 0 Å². The predicted molar refractivity (Wildman–Crippen MR) is 132 cm³/mol. The highest BCUT2D eigenvalue weighted by molar-refractivity contribution is 6.16. The van der Waals surface area contributed by atoms with Crippen molar-refractivity contribution in [3.63, 3.8) is 0 Å². The average Bonchev–Trinajstić information content (AvgIpc) is 2.81. The van der Waals surface area contributed by atoms with Crippen molar-refractivity contribution in [2.24, 2.45) is 0 Å². The van der Waals surface area contributed by atoms with Crippen molar-refractivity contribution in [3.8, 4) is 0 Å². The lowest BCUT2D eigenvalue weighted by molar-refractivity contribution is -0.194. The molecule has 0 amide bonds. The molecule has 3 N–H and O–H groups in total. The summed E-state index contributed by atoms with van der Waals surface area (Å²) < 4.78 is 0. The largest absolute Gasteiger partial charge is 0.393 e. The van der Waals surface area contributed by atoms with Crippen LogP contribution in [0.25, 0.3) is 0 Å². The number of aliphatic hydroxyl groups excluding tert-OH is 1. The van der Waals surface area contributed by atoms with E-state index in [-0.39, 0.29) is 19.3 Å². The first kappa shape index (κ1) is 31.9. The molecule has 33 heavy (non-hydrogen) atoms. The molecule has 0 unspecified atom stereocenters. The van der Waals surface area contributed by atoms with Crippen LogP contribution in [-0.4, -0.2) is 50.5 Å². The van der Waals surface area contributed by atoms with Crippen molar-refractivity contribution >= 4 is 17.3 Å². The van der Waals surface area contributed by atoms with Crippen LogP contribution in [0, 0.1) is 0 Å². The van der Waals surface area contributed by atoms with Gasteiger partial charge in [-0.15, -0.1) is 0 Å². The van der Waals surface area contributed by atoms with Gasteiger partial charge in [-0.3, -0.25) is 14.4 Å². The van der Waals surface area contributed by atoms with Gasteiger partial charge in [0, 0.05) is 19.3 Å². The fourth-order valence-corrected chi connectivity index (χ4v) is 4.26. The maximum absolute atomic E-state index is 13.1. The van der Waals surface area contributed by atoms with Crippen molar-refractivity contribution < 1.29 is 29.7 Å². The molecule has 0 fully saturated rings. The van der Waals surface area contributed by atoms with E-state index in [1.54, 1.807) is 0 Å². The lowest BCUT2D eigenvalue weighted by Crippen LogP contribution is -2.69. The first-order chi connectivity index (χ1) is 15.8. The molecule has 0 heterocycles. The quantitative estimate of drug-likeness (QED) is 0.139. The van der Waals surface area contributed by atoms with Crippen LogP contribution in [0.2, 0.25) is 0 Å². The Labute approximate surface area is 201 Å². The van der Waals surface area contributed by atoms with Crippen LogP contribution in [0.5, 0.6) is 0 Å². The first-order valence-electron chi connectivity index (χ1n) is 13.4. The third-order valence-corrected chi connectivity index (χ3v) is 6.62. The zero-order valence-electron chi connectivity index (χ0n) is 21.5. The number of hydrogen-bond acceptors (Lipinski definition) is 6. The highest BCUT2D eigenvalue weighted by Crippen LogP contribution is 2.32. The van der Waals surface area contributed by atoms with Gasteiger partial charge < -0.3 is 15.3 Å². The average molecular weight is 471 g/mol. The van der Waals surface area contributed by atoms with Gasteiger partial charge in [0.25, 0.3) is 0 Å². The monoisotopic (exact) mass is 470 g/mol. The van der Waals surface area contributed by atoms with Crippen LogP contribution in [0.1, 0.15) is 136 Å². The molecule has 6 heteroatoms. The highest BCUT2D eigenvalue weighted by atomic mass is 16.4. The Hall–Kier alpha value is -1.11. The Kier molecular flexibility index (Phi) is 17.6. The summed E-state index contributed by atoms with van der Waals surface area (Å²) in [7, 11) is 0. The van der Waals surface area contributed by atoms with Gasteiger partial charge in [-0.1, -0.05) is 97.8 Å². The van der Waals surface area contributed by atoms with Crippen molar-refractivity contribution in [1.82, 2.24) is 0 Å². The number of hydrogen-bond donors (Lipinski definition) is 3. The SMILES string of the molecule is CCCCCCCC(=O)C(O)(C(=O)CCCCCCC)[C@@](O)(CO)C(=O)CCCCCCC. The molecule has 0 aromatic heterocycles. The summed E-state index contributed by atoms with van der Waals surface area (Å²) in [5.74, 6) is -2.54. The summed E-state index contributed by atoms with van der Waals surface area (Å²) in [6.07, 6.45) is 12.5. The van der Waals surface area contributed by atoms with Crippen molar-refractivity contribution in [2.75, 3.05) is 6.61 Å². The number of carbonyl (C=O) groups is 3. The molecule has 1 atom stereocenters. The predicted octanol–water partition coefficient (Wildman–Crippen LogP) is 5.23. The second-order valence-corrected chi connectivity index (χ2v) is 9.49. The molecule has 0 aliphatic heterocycles. The topological polar surface area (TPSA) is 112 Å². The van der Waals surface area contributed by atoms with Gasteiger partial charge in [0.1, 0.15) is 0 Å². The first-order valence-corrected chi connectivity index (χ1v) is 13.4. The fourth-order valence-electron chi connectivity index (χ4n) is 4.26. The Bertz CT molecular complexity index is 533. The summed E-state index contributed by atoms with van der Waals surface area (Å²) in [4.78, 5) is 39.2. The molecule has 0 spiro atoms. The van der Waals surface area contributed by atoms with Crippen molar-refractivity contribution in [2.45, 2.75) is 148 Å². The van der Waals surface area contributed by atoms with E-state index in [0.717, 1.165) is 77.0 Å². The maximum atomic E-state index is 13.1. The number of Topliss-reactive ketones (excluding diaryl/α,β-unsaturated/α-hetero) is 3. The van der Waals surface area contributed by atoms with Gasteiger partial charge in [-0.25, -0.2) is 0 Å². The molecule has 0 aliphatic carbocycles. The normalized spacial score (nSPS) is 13.6. The smallest absolute Gasteiger partial charge is 0.219 e. The van der Waals surface area contributed by atoms with E-state index in [1.807, 2.05) is 0 Å². The molecular weight excluding hydrogens is 420 g/mol. The van der Waals surface area contributed by atoms with Gasteiger partial charge in [-0.05, 0) is 19.3 Å². The van der Waals surface area contributed by atoms with E-state index in [9.17, 15) is 29.7 Å². The second-order valence-electron chi connectivity index (χ2n) is 9.49. The van der Waals surface area contributed by atoms with Gasteiger partial charge >= 0.3 is 0 Å². The summed E-state index contributed by atoms with van der Waals surface area (Å²) >= 11 is 0. The van der Waals surface area contributed by atoms with E-state index in [4.69, 9.17) is 0 Å². The van der Waals surface area contributed by atoms with E-state index in [2.05, 4.69) is 20.8 Å². The van der Waals surface area contributed by atoms with Crippen LogP contribution < -0.4 is 0 Å². The molecule has 194 valence electrons. The molecule has 6 nitrogen and oxygen atoms in total. The van der Waals surface area contributed by atoms with E-state index in [0.29, 0.717) is 19.3 Å². The number of carbonyl (C=O) groups excluding carboxylic acids is 3. The van der Waals surface area contributed by atoms with Crippen molar-refractivity contribution in [3.05, 3.63) is 0 Å². The van der Waals surface area contributed by atoms with Crippen molar-refractivity contribution in [1.29, 1.82) is 0 Å². The van der Waals surface area contributed by atoms with Gasteiger partial charge in [0.15, 0.2) is 23.0 Å². The number of unbranched alkanes of at least 4 members (excludes halogenated alkanes) is 12. The minimum Gasteiger partial charge on any atom is -0.393 e. The van der Waals surface area contributed by atoms with E-state index >= 15 is 0 Å². The van der Waals surface area contributed by atoms with Gasteiger partial charge in [0.05, 0.1) is 6.61 Å². The van der Waals surface area contributed by atoms with Crippen LogP contribution in [0.15, 0.2) is 0 Å². The maximum Gasteiger partial charge on any atom is 0.219 e. The van der Waals surface area contributed by atoms with Crippen LogP contribution in [-0.2, 0) is 14.4 Å². The second kappa shape index (κ2) is 18.2. The summed E-state index contributed by atoms with van der Waals surface area (Å²) in [6.45, 7) is 5.09. The minimum atomic E-state index is -2.89. The third-order valence-electron chi connectivity index (χ3n) is 6.62. The van der Waals surface area contributed by atoms with Crippen LogP contribution in [0.4, 0.5) is 0 Å². The summed E-state index contributed by atoms with van der Waals surface area (Å²) in [5.41, 5.74) is -5.68. The zero-order valence-corrected chi connectivity index (χ0v) is 21.5. The highest BCUT2D eigenvalue weighted by Gasteiger charge is 2.62. The lowest BCUT2D eigenvalue weighted by atomic mass is 9.71. The van der Waals surface area contributed by atoms with E-state index < -0.39 is 35.2 Å². The molecule has 0 aromatic carbocycles. The molecule has 0 saturated carbocycles. The Balaban J connectivity index is 5.47. The Morgan fingerprint density at radius 3 is 1.12 bits per heavy atom. The summed E-state index contributed by atoms with van der Waals surface area (Å²) in [5, 5.41) is 32.5. The van der Waals surface area contributed by atoms with Crippen LogP contribution in [0.3, 0.4) is 0 Å². The molecular formula is C27H50O6. The number of aliphatic hydroxyl groups is 3.